The SMILES string of the molecule is CC(C)(C)c1cc(CCC(=O)OCCSOC(=O)CCc2cc(C(C)(C)C)c(O)c(C(C)(C)C)c2)cc(C(C)(C)C)c1O. The molecular formula is C36H54O6S. The normalized spacial score (nSPS) is 12.7. The Bertz CT molecular complexity index is 1110. The molecule has 0 radical (unpaired) electrons. The second-order valence-electron chi connectivity index (χ2n) is 15.6. The van der Waals surface area contributed by atoms with Gasteiger partial charge in [0.1, 0.15) is 18.1 Å². The van der Waals surface area contributed by atoms with Crippen LogP contribution in [0.25, 0.3) is 0 Å². The molecule has 0 amide bonds. The van der Waals surface area contributed by atoms with Crippen molar-refractivity contribution < 1.29 is 28.7 Å². The van der Waals surface area contributed by atoms with Crippen molar-refractivity contribution in [1.29, 1.82) is 0 Å². The highest BCUT2D eigenvalue weighted by molar-refractivity contribution is 7.95. The predicted molar refractivity (Wildman–Crippen MR) is 177 cm³/mol. The fourth-order valence-electron chi connectivity index (χ4n) is 4.87. The summed E-state index contributed by atoms with van der Waals surface area (Å²) in [4.78, 5) is 24.8. The fraction of sp³-hybridized carbons (Fsp3) is 0.611. The first-order chi connectivity index (χ1) is 19.5. The molecule has 0 aliphatic carbocycles. The van der Waals surface area contributed by atoms with E-state index in [4.69, 9.17) is 8.92 Å². The Morgan fingerprint density at radius 2 is 0.930 bits per heavy atom. The summed E-state index contributed by atoms with van der Waals surface area (Å²) in [7, 11) is 0. The van der Waals surface area contributed by atoms with E-state index < -0.39 is 0 Å². The van der Waals surface area contributed by atoms with Crippen LogP contribution in [0.3, 0.4) is 0 Å². The molecule has 6 nitrogen and oxygen atoms in total. The first-order valence-electron chi connectivity index (χ1n) is 15.2. The molecule has 2 N–H and O–H groups in total. The van der Waals surface area contributed by atoms with Gasteiger partial charge in [-0.3, -0.25) is 9.59 Å². The Morgan fingerprint density at radius 1 is 0.605 bits per heavy atom. The monoisotopic (exact) mass is 614 g/mol. The minimum Gasteiger partial charge on any atom is -0.507 e. The topological polar surface area (TPSA) is 93.1 Å². The third-order valence-electron chi connectivity index (χ3n) is 7.39. The number of aryl methyl sites for hydroxylation is 2. The molecule has 0 atom stereocenters. The smallest absolute Gasteiger partial charge is 0.318 e. The fourth-order valence-corrected chi connectivity index (χ4v) is 5.32. The van der Waals surface area contributed by atoms with E-state index in [0.29, 0.717) is 30.1 Å². The average Bonchev–Trinajstić information content (AvgIpc) is 2.84. The van der Waals surface area contributed by atoms with E-state index in [1.165, 1.54) is 0 Å². The van der Waals surface area contributed by atoms with Crippen LogP contribution >= 0.6 is 12.0 Å². The van der Waals surface area contributed by atoms with Gasteiger partial charge in [0.25, 0.3) is 0 Å². The zero-order valence-corrected chi connectivity index (χ0v) is 29.3. The average molecular weight is 615 g/mol. The van der Waals surface area contributed by atoms with Gasteiger partial charge in [-0.15, -0.1) is 0 Å². The van der Waals surface area contributed by atoms with Crippen LogP contribution in [0.1, 0.15) is 129 Å². The van der Waals surface area contributed by atoms with Crippen molar-refractivity contribution in [2.75, 3.05) is 12.4 Å². The lowest BCUT2D eigenvalue weighted by Gasteiger charge is -2.28. The van der Waals surface area contributed by atoms with Crippen LogP contribution in [-0.4, -0.2) is 34.5 Å². The highest BCUT2D eigenvalue weighted by atomic mass is 32.2. The van der Waals surface area contributed by atoms with Gasteiger partial charge >= 0.3 is 11.9 Å². The summed E-state index contributed by atoms with van der Waals surface area (Å²) < 4.78 is 10.7. The van der Waals surface area contributed by atoms with E-state index in [0.717, 1.165) is 45.4 Å². The number of phenols is 2. The molecule has 0 aliphatic rings. The summed E-state index contributed by atoms with van der Waals surface area (Å²) in [5.74, 6) is 0.344. The van der Waals surface area contributed by atoms with Crippen molar-refractivity contribution in [3.05, 3.63) is 57.6 Å². The summed E-state index contributed by atoms with van der Waals surface area (Å²) in [6.45, 7) is 24.9. The molecule has 2 rings (SSSR count). The molecule has 240 valence electrons. The third-order valence-corrected chi connectivity index (χ3v) is 8.03. The number of hydrogen-bond acceptors (Lipinski definition) is 7. The lowest BCUT2D eigenvalue weighted by atomic mass is 9.78. The van der Waals surface area contributed by atoms with Crippen LogP contribution in [0.5, 0.6) is 11.5 Å². The molecule has 0 aliphatic heterocycles. The lowest BCUT2D eigenvalue weighted by Crippen LogP contribution is -2.18. The predicted octanol–water partition coefficient (Wildman–Crippen LogP) is 8.59. The van der Waals surface area contributed by atoms with E-state index >= 15 is 0 Å². The van der Waals surface area contributed by atoms with Crippen molar-refractivity contribution in [2.24, 2.45) is 0 Å². The van der Waals surface area contributed by atoms with Gasteiger partial charge in [0.15, 0.2) is 0 Å². The summed E-state index contributed by atoms with van der Waals surface area (Å²) in [6, 6.07) is 7.94. The number of ether oxygens (including phenoxy) is 1. The molecule has 0 saturated heterocycles. The maximum Gasteiger partial charge on any atom is 0.318 e. The zero-order valence-electron chi connectivity index (χ0n) is 28.5. The van der Waals surface area contributed by atoms with Gasteiger partial charge in [0.2, 0.25) is 0 Å². The van der Waals surface area contributed by atoms with Gasteiger partial charge in [-0.25, -0.2) is 0 Å². The van der Waals surface area contributed by atoms with Gasteiger partial charge in [-0.2, -0.15) is 0 Å². The molecule has 2 aromatic carbocycles. The molecule has 0 bridgehead atoms. The molecule has 0 spiro atoms. The molecular weight excluding hydrogens is 560 g/mol. The van der Waals surface area contributed by atoms with Crippen LogP contribution < -0.4 is 0 Å². The summed E-state index contributed by atoms with van der Waals surface area (Å²) in [6.07, 6.45) is 1.46. The first-order valence-corrected chi connectivity index (χ1v) is 16.1. The second kappa shape index (κ2) is 14.0. The third kappa shape index (κ3) is 10.8. The quantitative estimate of drug-likeness (QED) is 0.157. The number of carbonyl (C=O) groups is 2. The Labute approximate surface area is 264 Å². The van der Waals surface area contributed by atoms with Gasteiger partial charge in [-0.1, -0.05) is 107 Å². The van der Waals surface area contributed by atoms with Crippen molar-refractivity contribution in [3.8, 4) is 11.5 Å². The zero-order chi connectivity index (χ0) is 33.0. The molecule has 0 unspecified atom stereocenters. The van der Waals surface area contributed by atoms with Crippen molar-refractivity contribution >= 4 is 24.0 Å². The van der Waals surface area contributed by atoms with E-state index in [2.05, 4.69) is 83.1 Å². The number of benzene rings is 2. The second-order valence-corrected chi connectivity index (χ2v) is 16.4. The Hall–Kier alpha value is -2.67. The summed E-state index contributed by atoms with van der Waals surface area (Å²) in [5, 5.41) is 21.8. The van der Waals surface area contributed by atoms with Crippen LogP contribution in [0.4, 0.5) is 0 Å². The van der Waals surface area contributed by atoms with Crippen molar-refractivity contribution in [1.82, 2.24) is 0 Å². The van der Waals surface area contributed by atoms with E-state index in [-0.39, 0.29) is 53.0 Å². The molecule has 0 fully saturated rings. The number of carbonyl (C=O) groups excluding carboxylic acids is 2. The van der Waals surface area contributed by atoms with Gasteiger partial charge in [0.05, 0.1) is 24.2 Å². The molecule has 0 saturated carbocycles. The van der Waals surface area contributed by atoms with Crippen LogP contribution in [0, 0.1) is 0 Å². The maximum atomic E-state index is 12.4. The number of rotatable bonds is 10. The summed E-state index contributed by atoms with van der Waals surface area (Å²) in [5.41, 5.74) is 4.53. The molecule has 43 heavy (non-hydrogen) atoms. The number of aromatic hydroxyl groups is 2. The number of phenolic OH excluding ortho intramolecular Hbond substituents is 2. The molecule has 2 aromatic rings. The minimum absolute atomic E-state index is 0.148. The highest BCUT2D eigenvalue weighted by Crippen LogP contribution is 2.41. The maximum absolute atomic E-state index is 12.4. The number of hydrogen-bond donors (Lipinski definition) is 2. The molecule has 7 heteroatoms. The largest absolute Gasteiger partial charge is 0.507 e. The Balaban J connectivity index is 1.85. The van der Waals surface area contributed by atoms with Crippen LogP contribution in [-0.2, 0) is 53.0 Å². The van der Waals surface area contributed by atoms with E-state index in [9.17, 15) is 19.8 Å². The van der Waals surface area contributed by atoms with Gasteiger partial charge in [0, 0.05) is 6.42 Å². The Kier molecular flexibility index (Phi) is 11.9. The lowest BCUT2D eigenvalue weighted by molar-refractivity contribution is -0.142. The Morgan fingerprint density at radius 3 is 1.26 bits per heavy atom. The van der Waals surface area contributed by atoms with Crippen LogP contribution in [0.2, 0.25) is 0 Å². The highest BCUT2D eigenvalue weighted by Gasteiger charge is 2.28. The van der Waals surface area contributed by atoms with E-state index in [1.54, 1.807) is 0 Å². The molecule has 0 aromatic heterocycles. The molecule has 0 heterocycles. The minimum atomic E-state index is -0.337. The van der Waals surface area contributed by atoms with E-state index in [1.807, 2.05) is 24.3 Å². The number of esters is 1. The van der Waals surface area contributed by atoms with Crippen molar-refractivity contribution in [3.63, 3.8) is 0 Å². The van der Waals surface area contributed by atoms with Gasteiger partial charge in [-0.05, 0) is 67.9 Å². The first kappa shape index (κ1) is 36.5. The van der Waals surface area contributed by atoms with Crippen molar-refractivity contribution in [2.45, 2.75) is 130 Å². The van der Waals surface area contributed by atoms with Crippen LogP contribution in [0.15, 0.2) is 24.3 Å². The summed E-state index contributed by atoms with van der Waals surface area (Å²) >= 11 is 0.987. The standard InChI is InChI=1S/C36H54O6S/c1-33(2,3)25-19-23(20-26(31(25)39)34(4,5)6)13-15-29(37)41-17-18-43-42-30(38)16-14-24-21-27(35(7,8)9)32(40)28(22-24)36(10,11)12/h19-22,39-40H,13-18H2,1-12H3. The van der Waals surface area contributed by atoms with Gasteiger partial charge < -0.3 is 19.1 Å².